The standard InChI is InChI=1S/C34H36N2O4/c1-26-22-36(19-18-35(26)2)34(37)30-20-31(38-23-27-12-6-3-7-13-27)33(40-25-29-16-10-5-11-17-29)32(21-30)39-24-28-14-8-4-9-15-28/h3-17,20-21,26H,18-19,22-25H2,1-2H3. The van der Waals surface area contributed by atoms with Crippen LogP contribution in [0.5, 0.6) is 17.2 Å². The largest absolute Gasteiger partial charge is 0.485 e. The van der Waals surface area contributed by atoms with E-state index in [4.69, 9.17) is 14.2 Å². The lowest BCUT2D eigenvalue weighted by Gasteiger charge is -2.37. The van der Waals surface area contributed by atoms with Crippen molar-refractivity contribution in [1.29, 1.82) is 0 Å². The first-order valence-electron chi connectivity index (χ1n) is 13.7. The van der Waals surface area contributed by atoms with Crippen LogP contribution >= 0.6 is 0 Å². The number of nitrogens with zero attached hydrogens (tertiary/aromatic N) is 2. The maximum absolute atomic E-state index is 13.8. The summed E-state index contributed by atoms with van der Waals surface area (Å²) in [5.74, 6) is 1.41. The first-order valence-corrected chi connectivity index (χ1v) is 13.7. The summed E-state index contributed by atoms with van der Waals surface area (Å²) in [6, 6.07) is 33.8. The first-order chi connectivity index (χ1) is 19.6. The van der Waals surface area contributed by atoms with Crippen molar-refractivity contribution in [2.75, 3.05) is 26.7 Å². The molecule has 1 unspecified atom stereocenters. The van der Waals surface area contributed by atoms with E-state index in [1.54, 1.807) is 12.1 Å². The van der Waals surface area contributed by atoms with Crippen molar-refractivity contribution in [3.05, 3.63) is 125 Å². The number of carbonyl (C=O) groups is 1. The van der Waals surface area contributed by atoms with E-state index in [1.807, 2.05) is 95.9 Å². The maximum atomic E-state index is 13.8. The van der Waals surface area contributed by atoms with Crippen molar-refractivity contribution in [3.63, 3.8) is 0 Å². The predicted octanol–water partition coefficient (Wildman–Crippen LogP) is 6.20. The van der Waals surface area contributed by atoms with Gasteiger partial charge in [-0.15, -0.1) is 0 Å². The number of hydrogen-bond acceptors (Lipinski definition) is 5. The molecule has 0 bridgehead atoms. The highest BCUT2D eigenvalue weighted by atomic mass is 16.5. The van der Waals surface area contributed by atoms with E-state index >= 15 is 0 Å². The smallest absolute Gasteiger partial charge is 0.254 e. The maximum Gasteiger partial charge on any atom is 0.254 e. The zero-order valence-corrected chi connectivity index (χ0v) is 23.2. The van der Waals surface area contributed by atoms with Crippen molar-refractivity contribution in [3.8, 4) is 17.2 Å². The average molecular weight is 537 g/mol. The van der Waals surface area contributed by atoms with Gasteiger partial charge < -0.3 is 24.0 Å². The van der Waals surface area contributed by atoms with E-state index in [2.05, 4.69) is 18.9 Å². The third kappa shape index (κ3) is 7.01. The number of hydrogen-bond donors (Lipinski definition) is 0. The molecular formula is C34H36N2O4. The summed E-state index contributed by atoms with van der Waals surface area (Å²) >= 11 is 0. The molecule has 40 heavy (non-hydrogen) atoms. The van der Waals surface area contributed by atoms with E-state index in [9.17, 15) is 4.79 Å². The molecule has 1 atom stereocenters. The molecule has 206 valence electrons. The average Bonchev–Trinajstić information content (AvgIpc) is 3.00. The van der Waals surface area contributed by atoms with Crippen molar-refractivity contribution in [2.45, 2.75) is 32.8 Å². The Morgan fingerprint density at radius 2 is 1.15 bits per heavy atom. The van der Waals surface area contributed by atoms with Gasteiger partial charge in [-0.05, 0) is 42.8 Å². The van der Waals surface area contributed by atoms with Gasteiger partial charge in [0.25, 0.3) is 5.91 Å². The molecule has 4 aromatic rings. The molecule has 1 amide bonds. The highest BCUT2D eigenvalue weighted by molar-refractivity contribution is 5.95. The molecule has 0 spiro atoms. The molecule has 0 saturated carbocycles. The molecule has 1 saturated heterocycles. The van der Waals surface area contributed by atoms with Crippen molar-refractivity contribution in [1.82, 2.24) is 9.80 Å². The van der Waals surface area contributed by atoms with Gasteiger partial charge in [0.15, 0.2) is 11.5 Å². The van der Waals surface area contributed by atoms with Gasteiger partial charge in [-0.2, -0.15) is 0 Å². The molecule has 0 aromatic heterocycles. The summed E-state index contributed by atoms with van der Waals surface area (Å²) in [6.07, 6.45) is 0. The van der Waals surface area contributed by atoms with Crippen LogP contribution in [-0.2, 0) is 19.8 Å². The Balaban J connectivity index is 1.49. The molecule has 4 aromatic carbocycles. The van der Waals surface area contributed by atoms with Crippen LogP contribution in [0, 0.1) is 0 Å². The molecule has 0 radical (unpaired) electrons. The third-order valence-electron chi connectivity index (χ3n) is 7.21. The summed E-state index contributed by atoms with van der Waals surface area (Å²) in [7, 11) is 2.09. The van der Waals surface area contributed by atoms with Crippen LogP contribution in [0.15, 0.2) is 103 Å². The lowest BCUT2D eigenvalue weighted by atomic mass is 10.1. The highest BCUT2D eigenvalue weighted by Gasteiger charge is 2.27. The van der Waals surface area contributed by atoms with E-state index in [0.717, 1.165) is 23.2 Å². The monoisotopic (exact) mass is 536 g/mol. The van der Waals surface area contributed by atoms with E-state index < -0.39 is 0 Å². The van der Waals surface area contributed by atoms with Crippen LogP contribution < -0.4 is 14.2 Å². The molecule has 1 aliphatic rings. The zero-order valence-electron chi connectivity index (χ0n) is 23.2. The molecule has 0 aliphatic carbocycles. The summed E-state index contributed by atoms with van der Waals surface area (Å²) in [4.78, 5) is 17.9. The van der Waals surface area contributed by atoms with E-state index in [0.29, 0.717) is 55.7 Å². The molecule has 6 heteroatoms. The highest BCUT2D eigenvalue weighted by Crippen LogP contribution is 2.41. The molecule has 1 fully saturated rings. The second kappa shape index (κ2) is 13.2. The van der Waals surface area contributed by atoms with Crippen LogP contribution in [0.25, 0.3) is 0 Å². The second-order valence-corrected chi connectivity index (χ2v) is 10.2. The van der Waals surface area contributed by atoms with E-state index in [1.165, 1.54) is 0 Å². The van der Waals surface area contributed by atoms with Gasteiger partial charge in [0.2, 0.25) is 5.75 Å². The van der Waals surface area contributed by atoms with Crippen LogP contribution in [0.4, 0.5) is 0 Å². The Morgan fingerprint density at radius 1 is 0.700 bits per heavy atom. The number of carbonyl (C=O) groups excluding carboxylic acids is 1. The molecule has 6 nitrogen and oxygen atoms in total. The Hall–Kier alpha value is -4.29. The van der Waals surface area contributed by atoms with Gasteiger partial charge >= 0.3 is 0 Å². The first kappa shape index (κ1) is 27.3. The summed E-state index contributed by atoms with van der Waals surface area (Å²) < 4.78 is 19.0. The van der Waals surface area contributed by atoms with Crippen molar-refractivity contribution >= 4 is 5.91 Å². The quantitative estimate of drug-likeness (QED) is 0.242. The van der Waals surface area contributed by atoms with Crippen LogP contribution in [0.2, 0.25) is 0 Å². The Kier molecular flexibility index (Phi) is 8.99. The molecule has 0 N–H and O–H groups in total. The number of piperazine rings is 1. The minimum atomic E-state index is -0.0383. The Morgan fingerprint density at radius 3 is 1.60 bits per heavy atom. The molecule has 1 heterocycles. The third-order valence-corrected chi connectivity index (χ3v) is 7.21. The Bertz CT molecular complexity index is 1310. The van der Waals surface area contributed by atoms with Crippen LogP contribution in [0.1, 0.15) is 34.0 Å². The summed E-state index contributed by atoms with van der Waals surface area (Å²) in [5.41, 5.74) is 3.59. The lowest BCUT2D eigenvalue weighted by molar-refractivity contribution is 0.0571. The van der Waals surface area contributed by atoms with Gasteiger partial charge in [0.1, 0.15) is 19.8 Å². The van der Waals surface area contributed by atoms with E-state index in [-0.39, 0.29) is 11.9 Å². The fourth-order valence-corrected chi connectivity index (χ4v) is 4.67. The Labute approximate surface area is 236 Å². The SMILES string of the molecule is CC1CN(C(=O)c2cc(OCc3ccccc3)c(OCc3ccccc3)c(OCc3ccccc3)c2)CCN1C. The summed E-state index contributed by atoms with van der Waals surface area (Å²) in [6.45, 7) is 5.33. The zero-order chi connectivity index (χ0) is 27.7. The van der Waals surface area contributed by atoms with Gasteiger partial charge in [0.05, 0.1) is 0 Å². The van der Waals surface area contributed by atoms with Crippen molar-refractivity contribution in [2.24, 2.45) is 0 Å². The van der Waals surface area contributed by atoms with Gasteiger partial charge in [-0.1, -0.05) is 91.0 Å². The van der Waals surface area contributed by atoms with Gasteiger partial charge in [-0.3, -0.25) is 4.79 Å². The number of likely N-dealkylation sites (N-methyl/N-ethyl adjacent to an activating group) is 1. The molecular weight excluding hydrogens is 500 g/mol. The minimum Gasteiger partial charge on any atom is -0.485 e. The second-order valence-electron chi connectivity index (χ2n) is 10.2. The minimum absolute atomic E-state index is 0.0383. The summed E-state index contributed by atoms with van der Waals surface area (Å²) in [5, 5.41) is 0. The lowest BCUT2D eigenvalue weighted by Crippen LogP contribution is -2.52. The molecule has 1 aliphatic heterocycles. The van der Waals surface area contributed by atoms with Gasteiger partial charge in [-0.25, -0.2) is 0 Å². The predicted molar refractivity (Wildman–Crippen MR) is 157 cm³/mol. The fraction of sp³-hybridized carbons (Fsp3) is 0.265. The van der Waals surface area contributed by atoms with Crippen LogP contribution in [0.3, 0.4) is 0 Å². The topological polar surface area (TPSA) is 51.2 Å². The number of rotatable bonds is 10. The molecule has 5 rings (SSSR count). The fourth-order valence-electron chi connectivity index (χ4n) is 4.67. The van der Waals surface area contributed by atoms with Crippen molar-refractivity contribution < 1.29 is 19.0 Å². The number of benzene rings is 4. The van der Waals surface area contributed by atoms with Gasteiger partial charge in [0, 0.05) is 31.2 Å². The number of amides is 1. The normalized spacial score (nSPS) is 15.4. The number of ether oxygens (including phenoxy) is 3. The van der Waals surface area contributed by atoms with Crippen LogP contribution in [-0.4, -0.2) is 48.4 Å².